The zero-order valence-electron chi connectivity index (χ0n) is 21.1. The first-order chi connectivity index (χ1) is 16.4. The average Bonchev–Trinajstić information content (AvgIpc) is 2.83. The molecule has 8 heteroatoms. The van der Waals surface area contributed by atoms with Crippen LogP contribution in [0.15, 0.2) is 12.2 Å². The first-order valence-corrected chi connectivity index (χ1v) is 13.2. The summed E-state index contributed by atoms with van der Waals surface area (Å²) >= 11 is 0. The Morgan fingerprint density at radius 1 is 0.853 bits per heavy atom. The molecule has 1 saturated heterocycles. The van der Waals surface area contributed by atoms with Gasteiger partial charge in [-0.15, -0.1) is 0 Å². The molecule has 1 aliphatic rings. The summed E-state index contributed by atoms with van der Waals surface area (Å²) in [4.78, 5) is 11.9. The summed E-state index contributed by atoms with van der Waals surface area (Å²) in [6.45, 7) is 3.49. The Kier molecular flexibility index (Phi) is 17.5. The van der Waals surface area contributed by atoms with E-state index >= 15 is 0 Å². The predicted octanol–water partition coefficient (Wildman–Crippen LogP) is 3.38. The van der Waals surface area contributed by atoms with Gasteiger partial charge in [0.15, 0.2) is 6.29 Å². The van der Waals surface area contributed by atoms with Crippen LogP contribution in [0.25, 0.3) is 0 Å². The molecule has 1 fully saturated rings. The van der Waals surface area contributed by atoms with E-state index in [4.69, 9.17) is 14.2 Å². The van der Waals surface area contributed by atoms with Gasteiger partial charge in [0.25, 0.3) is 0 Å². The fraction of sp³-hybridized carbons (Fsp3) is 0.885. The van der Waals surface area contributed by atoms with Crippen molar-refractivity contribution in [1.82, 2.24) is 0 Å². The minimum Gasteiger partial charge on any atom is -0.463 e. The molecule has 0 aromatic heterocycles. The van der Waals surface area contributed by atoms with Crippen molar-refractivity contribution < 1.29 is 39.4 Å². The maximum atomic E-state index is 11.9. The molecule has 2 unspecified atom stereocenters. The summed E-state index contributed by atoms with van der Waals surface area (Å²) in [5.74, 6) is -0.352. The van der Waals surface area contributed by atoms with Crippen molar-refractivity contribution in [3.63, 3.8) is 0 Å². The van der Waals surface area contributed by atoms with Gasteiger partial charge in [0.1, 0.15) is 31.0 Å². The highest BCUT2D eigenvalue weighted by atomic mass is 16.7. The number of carbonyl (C=O) groups excluding carboxylic acids is 1. The zero-order valence-corrected chi connectivity index (χ0v) is 21.1. The molecule has 1 rings (SSSR count). The quantitative estimate of drug-likeness (QED) is 0.124. The number of carbonyl (C=O) groups is 1. The molecule has 8 nitrogen and oxygen atoms in total. The monoisotopic (exact) mass is 488 g/mol. The molecular weight excluding hydrogens is 440 g/mol. The topological polar surface area (TPSA) is 126 Å². The second-order valence-electron chi connectivity index (χ2n) is 9.19. The number of hydrogen-bond donors (Lipinski definition) is 4. The highest BCUT2D eigenvalue weighted by Crippen LogP contribution is 2.24. The molecule has 0 radical (unpaired) electrons. The predicted molar refractivity (Wildman–Crippen MR) is 130 cm³/mol. The molecule has 200 valence electrons. The molecule has 1 heterocycles. The van der Waals surface area contributed by atoms with E-state index < -0.39 is 36.8 Å². The fourth-order valence-electron chi connectivity index (χ4n) is 3.96. The van der Waals surface area contributed by atoms with E-state index in [1.165, 1.54) is 44.9 Å². The Morgan fingerprint density at radius 3 is 2.09 bits per heavy atom. The number of ether oxygens (including phenoxy) is 3. The SMILES string of the molecule is CC/C=C\CCCCCCCCCCCC(=O)OC[C@@H](O)CO[C@H]1O[C@H](CC)[C@@H](O)C(O)C1O. The largest absolute Gasteiger partial charge is 0.463 e. The van der Waals surface area contributed by atoms with Crippen LogP contribution in [0, 0.1) is 0 Å². The number of allylic oxidation sites excluding steroid dienone is 2. The van der Waals surface area contributed by atoms with E-state index in [2.05, 4.69) is 19.1 Å². The van der Waals surface area contributed by atoms with E-state index in [1.807, 2.05) is 0 Å². The van der Waals surface area contributed by atoms with Crippen molar-refractivity contribution in [2.75, 3.05) is 13.2 Å². The van der Waals surface area contributed by atoms with Gasteiger partial charge in [0.05, 0.1) is 12.7 Å². The third-order valence-electron chi connectivity index (χ3n) is 6.11. The van der Waals surface area contributed by atoms with Crippen LogP contribution in [0.1, 0.15) is 97.3 Å². The molecule has 0 saturated carbocycles. The van der Waals surface area contributed by atoms with Crippen molar-refractivity contribution in [2.24, 2.45) is 0 Å². The first-order valence-electron chi connectivity index (χ1n) is 13.2. The van der Waals surface area contributed by atoms with Crippen LogP contribution in [-0.2, 0) is 19.0 Å². The number of esters is 1. The Bertz CT molecular complexity index is 539. The molecule has 0 spiro atoms. The zero-order chi connectivity index (χ0) is 25.2. The maximum Gasteiger partial charge on any atom is 0.305 e. The molecular formula is C26H48O8. The molecule has 4 N–H and O–H groups in total. The maximum absolute atomic E-state index is 11.9. The second kappa shape index (κ2) is 19.2. The first kappa shape index (κ1) is 31.0. The lowest BCUT2D eigenvalue weighted by molar-refractivity contribution is -0.301. The summed E-state index contributed by atoms with van der Waals surface area (Å²) in [5, 5.41) is 39.7. The van der Waals surface area contributed by atoms with Crippen LogP contribution in [0.5, 0.6) is 0 Å². The molecule has 6 atom stereocenters. The van der Waals surface area contributed by atoms with Crippen molar-refractivity contribution in [3.05, 3.63) is 12.2 Å². The Balaban J connectivity index is 2.00. The van der Waals surface area contributed by atoms with E-state index in [0.717, 1.165) is 25.7 Å². The van der Waals surface area contributed by atoms with Crippen molar-refractivity contribution in [1.29, 1.82) is 0 Å². The summed E-state index contributed by atoms with van der Waals surface area (Å²) < 4.78 is 15.9. The van der Waals surface area contributed by atoms with Crippen molar-refractivity contribution in [3.8, 4) is 0 Å². The van der Waals surface area contributed by atoms with Crippen LogP contribution in [0.3, 0.4) is 0 Å². The van der Waals surface area contributed by atoms with Gasteiger partial charge in [-0.3, -0.25) is 4.79 Å². The molecule has 0 aromatic rings. The highest BCUT2D eigenvalue weighted by molar-refractivity contribution is 5.69. The lowest BCUT2D eigenvalue weighted by Gasteiger charge is -2.40. The summed E-state index contributed by atoms with van der Waals surface area (Å²) in [5.41, 5.74) is 0. The van der Waals surface area contributed by atoms with E-state index in [0.29, 0.717) is 12.8 Å². The molecule has 0 aromatic carbocycles. The van der Waals surface area contributed by atoms with Gasteiger partial charge >= 0.3 is 5.97 Å². The van der Waals surface area contributed by atoms with Crippen molar-refractivity contribution >= 4 is 5.97 Å². The number of rotatable bonds is 19. The Hall–Kier alpha value is -1.03. The van der Waals surface area contributed by atoms with E-state index in [9.17, 15) is 25.2 Å². The van der Waals surface area contributed by atoms with Crippen LogP contribution < -0.4 is 0 Å². The molecule has 0 amide bonds. The summed E-state index contributed by atoms with van der Waals surface area (Å²) in [6, 6.07) is 0. The highest BCUT2D eigenvalue weighted by Gasteiger charge is 2.43. The van der Waals surface area contributed by atoms with Crippen LogP contribution in [0.2, 0.25) is 0 Å². The molecule has 34 heavy (non-hydrogen) atoms. The number of aliphatic hydroxyl groups is 4. The van der Waals surface area contributed by atoms with Crippen LogP contribution >= 0.6 is 0 Å². The van der Waals surface area contributed by atoms with Gasteiger partial charge in [0, 0.05) is 6.42 Å². The van der Waals surface area contributed by atoms with Crippen molar-refractivity contribution in [2.45, 2.75) is 134 Å². The van der Waals surface area contributed by atoms with Gasteiger partial charge < -0.3 is 34.6 Å². The summed E-state index contributed by atoms with van der Waals surface area (Å²) in [7, 11) is 0. The van der Waals surface area contributed by atoms with Gasteiger partial charge in [-0.05, 0) is 32.1 Å². The van der Waals surface area contributed by atoms with E-state index in [1.54, 1.807) is 6.92 Å². The standard InChI is InChI=1S/C26H48O8/c1-3-5-6-7-8-9-10-11-12-13-14-15-16-17-22(28)32-18-20(27)19-33-26-25(31)24(30)23(29)21(4-2)34-26/h5-6,20-21,23-27,29-31H,3-4,7-19H2,1-2H3/b6-5-/t20-,21-,23-,24?,25?,26+/m1/s1. The van der Waals surface area contributed by atoms with Gasteiger partial charge in [-0.25, -0.2) is 0 Å². The molecule has 1 aliphatic heterocycles. The number of hydrogen-bond acceptors (Lipinski definition) is 8. The van der Waals surface area contributed by atoms with Gasteiger partial charge in [0.2, 0.25) is 0 Å². The van der Waals surface area contributed by atoms with Gasteiger partial charge in [-0.1, -0.05) is 70.9 Å². The lowest BCUT2D eigenvalue weighted by atomic mass is 9.97. The lowest BCUT2D eigenvalue weighted by Crippen LogP contribution is -2.58. The molecule has 0 bridgehead atoms. The molecule has 0 aliphatic carbocycles. The van der Waals surface area contributed by atoms with Crippen LogP contribution in [-0.4, -0.2) is 76.4 Å². The summed E-state index contributed by atoms with van der Waals surface area (Å²) in [6.07, 6.45) is 11.1. The Labute approximate surface area is 205 Å². The fourth-order valence-corrected chi connectivity index (χ4v) is 3.96. The average molecular weight is 489 g/mol. The smallest absolute Gasteiger partial charge is 0.305 e. The third-order valence-corrected chi connectivity index (χ3v) is 6.11. The minimum atomic E-state index is -1.43. The third kappa shape index (κ3) is 13.2. The minimum absolute atomic E-state index is 0.210. The van der Waals surface area contributed by atoms with Crippen LogP contribution in [0.4, 0.5) is 0 Å². The normalized spacial score (nSPS) is 26.1. The Morgan fingerprint density at radius 2 is 1.47 bits per heavy atom. The second-order valence-corrected chi connectivity index (χ2v) is 9.19. The van der Waals surface area contributed by atoms with Gasteiger partial charge in [-0.2, -0.15) is 0 Å². The number of aliphatic hydroxyl groups excluding tert-OH is 4. The number of unbranched alkanes of at least 4 members (excludes halogenated alkanes) is 9. The van der Waals surface area contributed by atoms with E-state index in [-0.39, 0.29) is 19.2 Å².